The highest BCUT2D eigenvalue weighted by Crippen LogP contribution is 2.45. The lowest BCUT2D eigenvalue weighted by atomic mass is 9.82. The lowest BCUT2D eigenvalue weighted by Crippen LogP contribution is -2.38. The van der Waals surface area contributed by atoms with Crippen molar-refractivity contribution in [3.05, 3.63) is 111 Å². The maximum Gasteiger partial charge on any atom is 0.261 e. The Labute approximate surface area is 270 Å². The van der Waals surface area contributed by atoms with E-state index in [-0.39, 0.29) is 41.4 Å². The van der Waals surface area contributed by atoms with Crippen molar-refractivity contribution in [2.24, 2.45) is 5.92 Å². The Morgan fingerprint density at radius 2 is 1.85 bits per heavy atom. The summed E-state index contributed by atoms with van der Waals surface area (Å²) in [4.78, 5) is 33.8. The molecule has 0 radical (unpaired) electrons. The average Bonchev–Trinajstić information content (AvgIpc) is 3.81. The average molecular weight is 636 g/mol. The van der Waals surface area contributed by atoms with E-state index in [1.165, 1.54) is 29.0 Å². The van der Waals surface area contributed by atoms with Crippen LogP contribution in [-0.2, 0) is 19.3 Å². The smallest absolute Gasteiger partial charge is 0.261 e. The lowest BCUT2D eigenvalue weighted by Gasteiger charge is -2.30. The summed E-state index contributed by atoms with van der Waals surface area (Å²) in [5.41, 5.74) is 6.51. The van der Waals surface area contributed by atoms with Crippen LogP contribution in [0.15, 0.2) is 65.1 Å². The summed E-state index contributed by atoms with van der Waals surface area (Å²) < 4.78 is 19.7. The van der Waals surface area contributed by atoms with E-state index in [1.807, 2.05) is 24.3 Å². The second kappa shape index (κ2) is 12.2. The Morgan fingerprint density at radius 1 is 1.04 bits per heavy atom. The van der Waals surface area contributed by atoms with Gasteiger partial charge in [0.1, 0.15) is 5.82 Å². The first-order chi connectivity index (χ1) is 22.3. The third-order valence-corrected chi connectivity index (χ3v) is 10.1. The molecule has 0 unspecified atom stereocenters. The minimum absolute atomic E-state index is 0.0142. The Bertz CT molecular complexity index is 1950. The molecule has 0 saturated carbocycles. The number of carbonyl (C=O) groups is 2. The van der Waals surface area contributed by atoms with Crippen molar-refractivity contribution >= 4 is 23.2 Å². The van der Waals surface area contributed by atoms with E-state index in [2.05, 4.69) is 46.8 Å². The van der Waals surface area contributed by atoms with Gasteiger partial charge in [-0.2, -0.15) is 0 Å². The highest BCUT2D eigenvalue weighted by atomic mass is 32.1. The van der Waals surface area contributed by atoms with Gasteiger partial charge in [-0.25, -0.2) is 4.39 Å². The van der Waals surface area contributed by atoms with Gasteiger partial charge in [0.05, 0.1) is 33.4 Å². The predicted molar refractivity (Wildman–Crippen MR) is 174 cm³/mol. The monoisotopic (exact) mass is 635 g/mol. The number of fused-ring (bicyclic) bond motifs is 2. The number of nitrogens with zero attached hydrogens (tertiary/aromatic N) is 3. The van der Waals surface area contributed by atoms with Crippen LogP contribution in [0.5, 0.6) is 0 Å². The van der Waals surface area contributed by atoms with Crippen LogP contribution >= 0.6 is 11.3 Å². The van der Waals surface area contributed by atoms with Crippen molar-refractivity contribution in [3.63, 3.8) is 0 Å². The van der Waals surface area contributed by atoms with Crippen LogP contribution in [0.1, 0.15) is 86.2 Å². The summed E-state index contributed by atoms with van der Waals surface area (Å²) in [7, 11) is 0. The van der Waals surface area contributed by atoms with Crippen LogP contribution in [0.25, 0.3) is 21.9 Å². The van der Waals surface area contributed by atoms with Gasteiger partial charge in [-0.3, -0.25) is 14.6 Å². The largest absolute Gasteiger partial charge is 0.421 e. The van der Waals surface area contributed by atoms with Gasteiger partial charge in [0.2, 0.25) is 11.8 Å². The van der Waals surface area contributed by atoms with Crippen LogP contribution in [0, 0.1) is 18.7 Å². The van der Waals surface area contributed by atoms with E-state index in [0.29, 0.717) is 52.5 Å². The van der Waals surface area contributed by atoms with Gasteiger partial charge in [-0.1, -0.05) is 50.2 Å². The van der Waals surface area contributed by atoms with Crippen molar-refractivity contribution in [1.82, 2.24) is 25.8 Å². The molecule has 46 heavy (non-hydrogen) atoms. The molecule has 2 atom stereocenters. The van der Waals surface area contributed by atoms with Crippen molar-refractivity contribution in [3.8, 4) is 21.9 Å². The van der Waals surface area contributed by atoms with Gasteiger partial charge in [-0.05, 0) is 72.6 Å². The van der Waals surface area contributed by atoms with Gasteiger partial charge in [0.25, 0.3) is 11.8 Å². The first-order valence-corrected chi connectivity index (χ1v) is 16.5. The molecule has 1 aliphatic heterocycles. The molecule has 0 saturated heterocycles. The SMILES string of the molecule is Cc1nnc(-c2c(CCc3ccc(F)cc3)nc3c(c2-c2ccc(C(=O)N[C@@H]4CCc5ccccc54)s2)C(=O)NC[C@H]3C(C)C)o1. The van der Waals surface area contributed by atoms with E-state index in [0.717, 1.165) is 34.5 Å². The number of hydrogen-bond donors (Lipinski definition) is 2. The highest BCUT2D eigenvalue weighted by molar-refractivity contribution is 7.17. The van der Waals surface area contributed by atoms with Crippen molar-refractivity contribution in [2.45, 2.75) is 58.4 Å². The zero-order valence-electron chi connectivity index (χ0n) is 25.9. The fourth-order valence-corrected chi connectivity index (χ4v) is 7.56. The van der Waals surface area contributed by atoms with Gasteiger partial charge in [0.15, 0.2) is 0 Å². The van der Waals surface area contributed by atoms with Crippen LogP contribution < -0.4 is 10.6 Å². The third-order valence-electron chi connectivity index (χ3n) is 8.98. The van der Waals surface area contributed by atoms with E-state index < -0.39 is 0 Å². The van der Waals surface area contributed by atoms with Gasteiger partial charge in [-0.15, -0.1) is 21.5 Å². The molecule has 4 heterocycles. The van der Waals surface area contributed by atoms with Crippen molar-refractivity contribution < 1.29 is 18.4 Å². The number of nitrogens with one attached hydrogen (secondary N) is 2. The first kappa shape index (κ1) is 30.0. The van der Waals surface area contributed by atoms with E-state index in [1.54, 1.807) is 19.1 Å². The molecule has 2 N–H and O–H groups in total. The molecule has 2 amide bonds. The Morgan fingerprint density at radius 3 is 2.61 bits per heavy atom. The second-order valence-corrected chi connectivity index (χ2v) is 13.4. The number of benzene rings is 2. The fourth-order valence-electron chi connectivity index (χ4n) is 6.59. The summed E-state index contributed by atoms with van der Waals surface area (Å²) in [5, 5.41) is 14.8. The number of aryl methyl sites for hydroxylation is 4. The molecule has 0 bridgehead atoms. The number of thiophene rings is 1. The Balaban J connectivity index is 1.35. The molecule has 3 aromatic heterocycles. The first-order valence-electron chi connectivity index (χ1n) is 15.7. The maximum absolute atomic E-state index is 13.7. The van der Waals surface area contributed by atoms with Crippen molar-refractivity contribution in [1.29, 1.82) is 0 Å². The lowest BCUT2D eigenvalue weighted by molar-refractivity contribution is 0.0929. The van der Waals surface area contributed by atoms with Crippen molar-refractivity contribution in [2.75, 3.05) is 6.54 Å². The number of hydrogen-bond acceptors (Lipinski definition) is 7. The molecule has 234 valence electrons. The highest BCUT2D eigenvalue weighted by Gasteiger charge is 2.36. The van der Waals surface area contributed by atoms with E-state index in [4.69, 9.17) is 9.40 Å². The number of carbonyl (C=O) groups excluding carboxylic acids is 2. The molecule has 10 heteroatoms. The molecule has 1 aliphatic carbocycles. The van der Waals surface area contributed by atoms with E-state index in [9.17, 15) is 14.0 Å². The number of amides is 2. The summed E-state index contributed by atoms with van der Waals surface area (Å²) in [6, 6.07) is 18.3. The second-order valence-electron chi connectivity index (χ2n) is 12.3. The molecule has 2 aromatic carbocycles. The van der Waals surface area contributed by atoms with Gasteiger partial charge >= 0.3 is 0 Å². The zero-order valence-corrected chi connectivity index (χ0v) is 26.7. The van der Waals surface area contributed by atoms with Crippen LogP contribution in [0.2, 0.25) is 0 Å². The molecular weight excluding hydrogens is 601 g/mol. The molecule has 5 aromatic rings. The Hall–Kier alpha value is -4.70. The van der Waals surface area contributed by atoms with Gasteiger partial charge < -0.3 is 15.1 Å². The number of rotatable bonds is 8. The van der Waals surface area contributed by atoms with Crippen LogP contribution in [0.3, 0.4) is 0 Å². The summed E-state index contributed by atoms with van der Waals surface area (Å²) in [5.74, 6) is 0.172. The zero-order chi connectivity index (χ0) is 31.9. The number of halogens is 1. The van der Waals surface area contributed by atoms with E-state index >= 15 is 0 Å². The summed E-state index contributed by atoms with van der Waals surface area (Å²) in [6.07, 6.45) is 2.87. The molecule has 7 rings (SSSR count). The minimum atomic E-state index is -0.291. The molecule has 0 fully saturated rings. The Kier molecular flexibility index (Phi) is 7.98. The van der Waals surface area contributed by atoms with Gasteiger partial charge in [0, 0.05) is 29.8 Å². The molecule has 2 aliphatic rings. The van der Waals surface area contributed by atoms with Crippen LogP contribution in [0.4, 0.5) is 4.39 Å². The standard InChI is InChI=1S/C36H34FN5O3S/c1-19(2)25-18-38-35(44)32-31(28-16-17-29(46-28)34(43)40-26-15-11-22-6-4-5-7-24(22)26)30(36-42-41-20(3)45-36)27(39-33(25)32)14-10-21-8-12-23(37)13-9-21/h4-9,12-13,16-17,19,25-26H,10-11,14-15,18H2,1-3H3,(H,38,44)(H,40,43)/t25-,26+/m0/s1. The molecular formula is C36H34FN5O3S. The number of pyridine rings is 1. The maximum atomic E-state index is 13.7. The van der Waals surface area contributed by atoms with Crippen LogP contribution in [-0.4, -0.2) is 33.5 Å². The summed E-state index contributed by atoms with van der Waals surface area (Å²) in [6.45, 7) is 6.44. The quantitative estimate of drug-likeness (QED) is 0.190. The number of aromatic nitrogens is 3. The topological polar surface area (TPSA) is 110 Å². The molecule has 0 spiro atoms. The summed E-state index contributed by atoms with van der Waals surface area (Å²) >= 11 is 1.33. The molecule has 8 nitrogen and oxygen atoms in total. The normalized spacial score (nSPS) is 17.1. The predicted octanol–water partition coefficient (Wildman–Crippen LogP) is 6.99. The fraction of sp³-hybridized carbons (Fsp3) is 0.306. The third kappa shape index (κ3) is 5.62. The minimum Gasteiger partial charge on any atom is -0.421 e.